The Balaban J connectivity index is 1.66. The maximum atomic E-state index is 6.15. The van der Waals surface area contributed by atoms with Crippen LogP contribution in [-0.4, -0.2) is 17.3 Å². The van der Waals surface area contributed by atoms with Gasteiger partial charge in [0.2, 0.25) is 5.69 Å². The standard InChI is InChI=1S/C22H19INO/c23-20-10-4-5-11-21(20)24-14-13-18-9-6-12-22(19(18)15-24)25-16-17-7-2-1-3-8-17/h1-12,15H,13-14,16H2/q+1. The molecule has 25 heavy (non-hydrogen) atoms. The van der Waals surface area contributed by atoms with Crippen molar-refractivity contribution in [3.8, 4) is 5.75 Å². The first-order valence-corrected chi connectivity index (χ1v) is 9.54. The van der Waals surface area contributed by atoms with E-state index in [1.54, 1.807) is 0 Å². The van der Waals surface area contributed by atoms with Crippen molar-refractivity contribution in [3.05, 3.63) is 93.1 Å². The summed E-state index contributed by atoms with van der Waals surface area (Å²) >= 11 is 2.40. The molecule has 0 fully saturated rings. The summed E-state index contributed by atoms with van der Waals surface area (Å²) in [6.45, 7) is 1.59. The van der Waals surface area contributed by atoms with Gasteiger partial charge < -0.3 is 4.74 Å². The van der Waals surface area contributed by atoms with Crippen molar-refractivity contribution in [2.75, 3.05) is 6.54 Å². The molecule has 0 amide bonds. The predicted molar refractivity (Wildman–Crippen MR) is 110 cm³/mol. The second kappa shape index (κ2) is 7.40. The van der Waals surface area contributed by atoms with E-state index >= 15 is 0 Å². The lowest BCUT2D eigenvalue weighted by atomic mass is 10.0. The number of rotatable bonds is 4. The highest BCUT2D eigenvalue weighted by Gasteiger charge is 2.22. The van der Waals surface area contributed by atoms with Crippen LogP contribution in [0.25, 0.3) is 0 Å². The molecule has 0 aromatic heterocycles. The van der Waals surface area contributed by atoms with Crippen LogP contribution in [0.4, 0.5) is 5.69 Å². The van der Waals surface area contributed by atoms with Crippen LogP contribution in [0.3, 0.4) is 0 Å². The van der Waals surface area contributed by atoms with Gasteiger partial charge in [0.15, 0.2) is 12.8 Å². The zero-order valence-electron chi connectivity index (χ0n) is 13.9. The van der Waals surface area contributed by atoms with E-state index in [-0.39, 0.29) is 0 Å². The van der Waals surface area contributed by atoms with Gasteiger partial charge in [0.25, 0.3) is 0 Å². The minimum atomic E-state index is 0.591. The maximum absolute atomic E-state index is 6.15. The molecule has 3 aromatic rings. The molecule has 0 radical (unpaired) electrons. The van der Waals surface area contributed by atoms with E-state index < -0.39 is 0 Å². The Morgan fingerprint density at radius 3 is 2.52 bits per heavy atom. The normalized spacial score (nSPS) is 13.1. The van der Waals surface area contributed by atoms with Crippen molar-refractivity contribution in [1.82, 2.24) is 0 Å². The van der Waals surface area contributed by atoms with Gasteiger partial charge in [-0.15, -0.1) is 0 Å². The second-order valence-corrected chi connectivity index (χ2v) is 7.29. The Morgan fingerprint density at radius 1 is 0.880 bits per heavy atom. The molecule has 0 N–H and O–H groups in total. The van der Waals surface area contributed by atoms with Crippen LogP contribution in [0, 0.1) is 3.57 Å². The minimum absolute atomic E-state index is 0.591. The highest BCUT2D eigenvalue weighted by atomic mass is 127. The molecule has 0 unspecified atom stereocenters. The van der Waals surface area contributed by atoms with E-state index in [1.165, 1.54) is 25.9 Å². The lowest BCUT2D eigenvalue weighted by Crippen LogP contribution is -2.20. The largest absolute Gasteiger partial charge is 0.488 e. The first-order valence-electron chi connectivity index (χ1n) is 8.46. The fourth-order valence-corrected chi connectivity index (χ4v) is 3.85. The monoisotopic (exact) mass is 440 g/mol. The van der Waals surface area contributed by atoms with Gasteiger partial charge in [-0.05, 0) is 45.9 Å². The lowest BCUT2D eigenvalue weighted by molar-refractivity contribution is -0.437. The molecule has 1 aliphatic heterocycles. The Hall–Kier alpha value is -2.14. The molecular weight excluding hydrogens is 421 g/mol. The summed E-state index contributed by atoms with van der Waals surface area (Å²) in [5.41, 5.74) is 4.99. The van der Waals surface area contributed by atoms with Crippen molar-refractivity contribution in [1.29, 1.82) is 0 Å². The van der Waals surface area contributed by atoms with Gasteiger partial charge >= 0.3 is 0 Å². The predicted octanol–water partition coefficient (Wildman–Crippen LogP) is 5.19. The fraction of sp³-hybridized carbons (Fsp3) is 0.136. The topological polar surface area (TPSA) is 12.2 Å². The smallest absolute Gasteiger partial charge is 0.218 e. The number of nitrogens with zero attached hydrogens (tertiary/aromatic N) is 1. The average Bonchev–Trinajstić information content (AvgIpc) is 2.67. The van der Waals surface area contributed by atoms with Crippen molar-refractivity contribution >= 4 is 34.5 Å². The number of hydrogen-bond donors (Lipinski definition) is 0. The summed E-state index contributed by atoms with van der Waals surface area (Å²) in [5.74, 6) is 0.956. The van der Waals surface area contributed by atoms with Crippen molar-refractivity contribution in [3.63, 3.8) is 0 Å². The summed E-state index contributed by atoms with van der Waals surface area (Å²) in [7, 11) is 0. The van der Waals surface area contributed by atoms with Crippen LogP contribution in [0.1, 0.15) is 16.7 Å². The molecule has 2 nitrogen and oxygen atoms in total. The highest BCUT2D eigenvalue weighted by molar-refractivity contribution is 14.1. The molecule has 0 atom stereocenters. The third kappa shape index (κ3) is 3.61. The number of benzene rings is 3. The van der Waals surface area contributed by atoms with E-state index in [4.69, 9.17) is 4.74 Å². The fourth-order valence-electron chi connectivity index (χ4n) is 3.15. The summed E-state index contributed by atoms with van der Waals surface area (Å²) in [6, 6.07) is 25.2. The molecule has 1 aliphatic rings. The second-order valence-electron chi connectivity index (χ2n) is 6.13. The molecule has 1 heterocycles. The molecule has 4 rings (SSSR count). The molecule has 3 heteroatoms. The molecule has 124 valence electrons. The van der Waals surface area contributed by atoms with E-state index in [0.29, 0.717) is 6.61 Å². The Bertz CT molecular complexity index is 918. The third-order valence-corrected chi connectivity index (χ3v) is 5.37. The number of halogens is 1. The number of hydrogen-bond acceptors (Lipinski definition) is 1. The summed E-state index contributed by atoms with van der Waals surface area (Å²) < 4.78 is 9.74. The molecule has 0 saturated heterocycles. The third-order valence-electron chi connectivity index (χ3n) is 4.46. The van der Waals surface area contributed by atoms with Gasteiger partial charge in [-0.3, -0.25) is 0 Å². The lowest BCUT2D eigenvalue weighted by Gasteiger charge is -2.16. The van der Waals surface area contributed by atoms with E-state index in [0.717, 1.165) is 18.7 Å². The van der Waals surface area contributed by atoms with Gasteiger partial charge in [0, 0.05) is 12.5 Å². The van der Waals surface area contributed by atoms with Crippen molar-refractivity contribution in [2.24, 2.45) is 0 Å². The van der Waals surface area contributed by atoms with Crippen molar-refractivity contribution in [2.45, 2.75) is 13.0 Å². The van der Waals surface area contributed by atoms with Crippen molar-refractivity contribution < 1.29 is 9.31 Å². The van der Waals surface area contributed by atoms with Crippen LogP contribution < -0.4 is 4.74 Å². The molecule has 0 saturated carbocycles. The SMILES string of the molecule is Ic1ccccc1[N+]1=Cc2c(cccc2OCc2ccccc2)CC1. The zero-order valence-corrected chi connectivity index (χ0v) is 16.0. The first kappa shape index (κ1) is 16.3. The number of para-hydroxylation sites is 1. The van der Waals surface area contributed by atoms with Gasteiger partial charge in [-0.1, -0.05) is 54.6 Å². The average molecular weight is 440 g/mol. The number of ether oxygens (including phenoxy) is 1. The van der Waals surface area contributed by atoms with Gasteiger partial charge in [0.1, 0.15) is 12.4 Å². The van der Waals surface area contributed by atoms with E-state index in [9.17, 15) is 0 Å². The number of fused-ring (bicyclic) bond motifs is 1. The summed E-state index contributed by atoms with van der Waals surface area (Å²) in [6.07, 6.45) is 3.26. The first-order chi connectivity index (χ1) is 12.3. The highest BCUT2D eigenvalue weighted by Crippen LogP contribution is 2.28. The summed E-state index contributed by atoms with van der Waals surface area (Å²) in [5, 5.41) is 0. The van der Waals surface area contributed by atoms with Gasteiger partial charge in [-0.2, -0.15) is 4.58 Å². The molecule has 0 spiro atoms. The maximum Gasteiger partial charge on any atom is 0.218 e. The van der Waals surface area contributed by atoms with Crippen LogP contribution >= 0.6 is 22.6 Å². The summed E-state index contributed by atoms with van der Waals surface area (Å²) in [4.78, 5) is 0. The Kier molecular flexibility index (Phi) is 4.83. The van der Waals surface area contributed by atoms with Crippen LogP contribution in [0.5, 0.6) is 5.75 Å². The molecule has 0 bridgehead atoms. The van der Waals surface area contributed by atoms with Crippen LogP contribution in [0.15, 0.2) is 72.8 Å². The van der Waals surface area contributed by atoms with Crippen LogP contribution in [-0.2, 0) is 13.0 Å². The van der Waals surface area contributed by atoms with Crippen LogP contribution in [0.2, 0.25) is 0 Å². The minimum Gasteiger partial charge on any atom is -0.488 e. The van der Waals surface area contributed by atoms with E-state index in [1.807, 2.05) is 18.2 Å². The Labute approximate surface area is 161 Å². The van der Waals surface area contributed by atoms with Gasteiger partial charge in [0.05, 0.1) is 9.13 Å². The van der Waals surface area contributed by atoms with Gasteiger partial charge in [-0.25, -0.2) is 0 Å². The quantitative estimate of drug-likeness (QED) is 0.402. The molecule has 0 aliphatic carbocycles. The molecular formula is C22H19INO+. The Morgan fingerprint density at radius 2 is 1.68 bits per heavy atom. The van der Waals surface area contributed by atoms with E-state index in [2.05, 4.69) is 88.0 Å². The zero-order chi connectivity index (χ0) is 17.1. The molecule has 3 aromatic carbocycles.